The largest absolute Gasteiger partial charge is 0.365 e. The molecule has 3 rings (SSSR count). The second-order valence-corrected chi connectivity index (χ2v) is 5.95. The van der Waals surface area contributed by atoms with Gasteiger partial charge in [-0.15, -0.1) is 0 Å². The number of primary amides is 1. The summed E-state index contributed by atoms with van der Waals surface area (Å²) in [5.74, 6) is -1.37. The van der Waals surface area contributed by atoms with Crippen molar-refractivity contribution in [3.05, 3.63) is 58.8 Å². The molecule has 3 N–H and O–H groups in total. The van der Waals surface area contributed by atoms with E-state index < -0.39 is 11.7 Å². The Morgan fingerprint density at radius 1 is 1.27 bits per heavy atom. The van der Waals surface area contributed by atoms with Crippen LogP contribution < -0.4 is 11.1 Å². The summed E-state index contributed by atoms with van der Waals surface area (Å²) in [6, 6.07) is 6.00. The standard InChI is InChI=1S/C18H18FN5O2/c1-10-12(7-8-16(25)23-15-6-4-3-5-14(15)19)11(2)24-18(22-10)13(9-21-24)17(20)26/h3-6,9H,7-8H2,1-2H3,(H2,20,26)(H,23,25). The number of fused-ring (bicyclic) bond motifs is 1. The van der Waals surface area contributed by atoms with Gasteiger partial charge in [-0.05, 0) is 38.0 Å². The highest BCUT2D eigenvalue weighted by Gasteiger charge is 2.17. The van der Waals surface area contributed by atoms with Crippen LogP contribution in [0.5, 0.6) is 0 Å². The third-order valence-electron chi connectivity index (χ3n) is 4.22. The second kappa shape index (κ2) is 6.91. The number of amides is 2. The molecule has 134 valence electrons. The summed E-state index contributed by atoms with van der Waals surface area (Å²) >= 11 is 0. The highest BCUT2D eigenvalue weighted by Crippen LogP contribution is 2.19. The van der Waals surface area contributed by atoms with Crippen LogP contribution >= 0.6 is 0 Å². The van der Waals surface area contributed by atoms with Gasteiger partial charge >= 0.3 is 0 Å². The molecule has 0 radical (unpaired) electrons. The van der Waals surface area contributed by atoms with E-state index in [0.717, 1.165) is 11.3 Å². The summed E-state index contributed by atoms with van der Waals surface area (Å²) in [6.45, 7) is 3.64. The van der Waals surface area contributed by atoms with Crippen LogP contribution in [0.3, 0.4) is 0 Å². The molecule has 1 aromatic carbocycles. The molecule has 0 aliphatic rings. The minimum absolute atomic E-state index is 0.151. The first-order chi connectivity index (χ1) is 12.4. The molecule has 26 heavy (non-hydrogen) atoms. The first-order valence-electron chi connectivity index (χ1n) is 8.06. The molecular formula is C18H18FN5O2. The van der Waals surface area contributed by atoms with Crippen molar-refractivity contribution in [3.63, 3.8) is 0 Å². The van der Waals surface area contributed by atoms with Crippen LogP contribution in [0.25, 0.3) is 5.65 Å². The lowest BCUT2D eigenvalue weighted by Gasteiger charge is -2.11. The van der Waals surface area contributed by atoms with E-state index in [9.17, 15) is 14.0 Å². The lowest BCUT2D eigenvalue weighted by molar-refractivity contribution is -0.116. The number of nitrogens with two attached hydrogens (primary N) is 1. The monoisotopic (exact) mass is 355 g/mol. The van der Waals surface area contributed by atoms with Crippen LogP contribution in [0.1, 0.15) is 33.7 Å². The zero-order valence-corrected chi connectivity index (χ0v) is 14.4. The second-order valence-electron chi connectivity index (χ2n) is 5.95. The van der Waals surface area contributed by atoms with Gasteiger partial charge in [-0.25, -0.2) is 13.9 Å². The van der Waals surface area contributed by atoms with E-state index in [0.29, 0.717) is 17.8 Å². The molecule has 2 amide bonds. The van der Waals surface area contributed by atoms with E-state index in [2.05, 4.69) is 15.4 Å². The van der Waals surface area contributed by atoms with Crippen molar-refractivity contribution in [1.82, 2.24) is 14.6 Å². The van der Waals surface area contributed by atoms with Gasteiger partial charge in [-0.3, -0.25) is 9.59 Å². The number of nitrogens with one attached hydrogen (secondary N) is 1. The maximum Gasteiger partial charge on any atom is 0.254 e. The van der Waals surface area contributed by atoms with Gasteiger partial charge in [0.1, 0.15) is 11.4 Å². The van der Waals surface area contributed by atoms with E-state index in [-0.39, 0.29) is 23.6 Å². The number of benzene rings is 1. The maximum absolute atomic E-state index is 13.6. The number of anilines is 1. The normalized spacial score (nSPS) is 10.9. The number of hydrogen-bond acceptors (Lipinski definition) is 4. The molecular weight excluding hydrogens is 337 g/mol. The molecule has 0 spiro atoms. The van der Waals surface area contributed by atoms with E-state index in [4.69, 9.17) is 5.73 Å². The topological polar surface area (TPSA) is 102 Å². The SMILES string of the molecule is Cc1nc2c(C(N)=O)cnn2c(C)c1CCC(=O)Nc1ccccc1F. The Kier molecular flexibility index (Phi) is 4.66. The predicted molar refractivity (Wildman–Crippen MR) is 94.3 cm³/mol. The summed E-state index contributed by atoms with van der Waals surface area (Å²) in [4.78, 5) is 28.0. The first-order valence-corrected chi connectivity index (χ1v) is 8.06. The fourth-order valence-electron chi connectivity index (χ4n) is 2.86. The van der Waals surface area contributed by atoms with Crippen molar-refractivity contribution >= 4 is 23.1 Å². The van der Waals surface area contributed by atoms with Gasteiger partial charge < -0.3 is 11.1 Å². The van der Waals surface area contributed by atoms with Gasteiger partial charge in [-0.2, -0.15) is 5.10 Å². The Hall–Kier alpha value is -3.29. The molecule has 0 aliphatic heterocycles. The molecule has 0 saturated carbocycles. The molecule has 0 atom stereocenters. The molecule has 2 heterocycles. The summed E-state index contributed by atoms with van der Waals surface area (Å²) in [6.07, 6.45) is 1.95. The summed E-state index contributed by atoms with van der Waals surface area (Å²) in [5.41, 5.74) is 8.44. The Balaban J connectivity index is 1.80. The lowest BCUT2D eigenvalue weighted by atomic mass is 10.1. The highest BCUT2D eigenvalue weighted by molar-refractivity contribution is 5.98. The smallest absolute Gasteiger partial charge is 0.254 e. The maximum atomic E-state index is 13.6. The molecule has 0 fully saturated rings. The van der Waals surface area contributed by atoms with E-state index >= 15 is 0 Å². The van der Waals surface area contributed by atoms with Crippen molar-refractivity contribution in [2.24, 2.45) is 5.73 Å². The Labute approximate surface area is 149 Å². The number of para-hydroxylation sites is 1. The number of halogens is 1. The van der Waals surface area contributed by atoms with Crippen LogP contribution in [0.2, 0.25) is 0 Å². The molecule has 0 aliphatic carbocycles. The predicted octanol–water partition coefficient (Wildman–Crippen LogP) is 2.16. The third kappa shape index (κ3) is 3.26. The third-order valence-corrected chi connectivity index (χ3v) is 4.22. The number of carbonyl (C=O) groups excluding carboxylic acids is 2. The van der Waals surface area contributed by atoms with E-state index in [1.54, 1.807) is 19.1 Å². The summed E-state index contributed by atoms with van der Waals surface area (Å²) < 4.78 is 15.1. The van der Waals surface area contributed by atoms with Crippen molar-refractivity contribution in [1.29, 1.82) is 0 Å². The Morgan fingerprint density at radius 3 is 2.69 bits per heavy atom. The van der Waals surface area contributed by atoms with E-state index in [1.807, 2.05) is 6.92 Å². The molecule has 0 saturated heterocycles. The molecule has 2 aromatic heterocycles. The number of rotatable bonds is 5. The fraction of sp³-hybridized carbons (Fsp3) is 0.222. The zero-order valence-electron chi connectivity index (χ0n) is 14.4. The van der Waals surface area contributed by atoms with Crippen LogP contribution in [0.4, 0.5) is 10.1 Å². The average Bonchev–Trinajstić information content (AvgIpc) is 3.01. The summed E-state index contributed by atoms with van der Waals surface area (Å²) in [7, 11) is 0. The van der Waals surface area contributed by atoms with Gasteiger partial charge in [0.25, 0.3) is 5.91 Å². The van der Waals surface area contributed by atoms with Crippen LogP contribution in [-0.2, 0) is 11.2 Å². The van der Waals surface area contributed by atoms with Crippen molar-refractivity contribution in [3.8, 4) is 0 Å². The Bertz CT molecular complexity index is 1010. The van der Waals surface area contributed by atoms with Gasteiger partial charge in [0.15, 0.2) is 5.65 Å². The number of aryl methyl sites for hydroxylation is 2. The zero-order chi connectivity index (χ0) is 18.8. The Morgan fingerprint density at radius 2 is 2.00 bits per heavy atom. The molecule has 3 aromatic rings. The van der Waals surface area contributed by atoms with Crippen molar-refractivity contribution in [2.45, 2.75) is 26.7 Å². The van der Waals surface area contributed by atoms with Crippen LogP contribution in [0.15, 0.2) is 30.5 Å². The fourth-order valence-corrected chi connectivity index (χ4v) is 2.86. The number of hydrogen-bond donors (Lipinski definition) is 2. The van der Waals surface area contributed by atoms with Gasteiger partial charge in [0.2, 0.25) is 5.91 Å². The highest BCUT2D eigenvalue weighted by atomic mass is 19.1. The van der Waals surface area contributed by atoms with Gasteiger partial charge in [-0.1, -0.05) is 12.1 Å². The van der Waals surface area contributed by atoms with Crippen molar-refractivity contribution < 1.29 is 14.0 Å². The molecule has 8 heteroatoms. The van der Waals surface area contributed by atoms with Crippen LogP contribution in [-0.4, -0.2) is 26.4 Å². The number of carbonyl (C=O) groups is 2. The van der Waals surface area contributed by atoms with Gasteiger partial charge in [0, 0.05) is 17.8 Å². The summed E-state index contributed by atoms with van der Waals surface area (Å²) in [5, 5.41) is 6.71. The first kappa shape index (κ1) is 17.5. The minimum Gasteiger partial charge on any atom is -0.365 e. The van der Waals surface area contributed by atoms with Gasteiger partial charge in [0.05, 0.1) is 11.9 Å². The quantitative estimate of drug-likeness (QED) is 0.732. The average molecular weight is 355 g/mol. The molecule has 0 unspecified atom stereocenters. The molecule has 7 nitrogen and oxygen atoms in total. The minimum atomic E-state index is -0.594. The number of nitrogens with zero attached hydrogens (tertiary/aromatic N) is 3. The lowest BCUT2D eigenvalue weighted by Crippen LogP contribution is -2.15. The van der Waals surface area contributed by atoms with Crippen molar-refractivity contribution in [2.75, 3.05) is 5.32 Å². The number of aromatic nitrogens is 3. The van der Waals surface area contributed by atoms with E-state index in [1.165, 1.54) is 22.8 Å². The van der Waals surface area contributed by atoms with Crippen LogP contribution in [0, 0.1) is 19.7 Å². The molecule has 0 bridgehead atoms.